The molecule has 0 saturated carbocycles. The average Bonchev–Trinajstić information content (AvgIpc) is 2.50. The quantitative estimate of drug-likeness (QED) is 0.424. The van der Waals surface area contributed by atoms with Gasteiger partial charge in [0.05, 0.1) is 12.2 Å². The van der Waals surface area contributed by atoms with Crippen LogP contribution in [0, 0.1) is 5.92 Å². The van der Waals surface area contributed by atoms with Crippen LogP contribution in [0.25, 0.3) is 0 Å². The summed E-state index contributed by atoms with van der Waals surface area (Å²) < 4.78 is 17.1. The van der Waals surface area contributed by atoms with Gasteiger partial charge in [-0.15, -0.1) is 0 Å². The molecular weight excluding hydrogens is 331 g/mol. The van der Waals surface area contributed by atoms with Crippen molar-refractivity contribution in [3.8, 4) is 5.75 Å². The Labute approximate surface area is 143 Å². The molecule has 0 radical (unpaired) electrons. The zero-order valence-electron chi connectivity index (χ0n) is 14.1. The summed E-state index contributed by atoms with van der Waals surface area (Å²) >= 11 is 0. The van der Waals surface area contributed by atoms with Crippen molar-refractivity contribution in [2.24, 2.45) is 5.92 Å². The van der Waals surface area contributed by atoms with Gasteiger partial charge >= 0.3 is 0 Å². The fourth-order valence-corrected chi connectivity index (χ4v) is 3.92. The Kier molecular flexibility index (Phi) is 9.56. The molecule has 0 spiro atoms. The summed E-state index contributed by atoms with van der Waals surface area (Å²) in [5.41, 5.74) is 0. The molecule has 0 aliphatic carbocycles. The summed E-state index contributed by atoms with van der Waals surface area (Å²) in [6, 6.07) is 9.18. The highest BCUT2D eigenvalue weighted by atomic mass is 31.2. The third-order valence-electron chi connectivity index (χ3n) is 3.76. The molecule has 4 atom stereocenters. The van der Waals surface area contributed by atoms with Gasteiger partial charge in [-0.1, -0.05) is 18.2 Å². The highest BCUT2D eigenvalue weighted by Crippen LogP contribution is 2.40. The van der Waals surface area contributed by atoms with Crippen LogP contribution in [0.2, 0.25) is 0 Å². The largest absolute Gasteiger partial charge is 0.491 e. The predicted octanol–water partition coefficient (Wildman–Crippen LogP) is 1.86. The van der Waals surface area contributed by atoms with E-state index >= 15 is 0 Å². The van der Waals surface area contributed by atoms with E-state index in [1.807, 2.05) is 18.2 Å². The molecule has 0 aliphatic rings. The minimum atomic E-state index is -3.21. The first-order chi connectivity index (χ1) is 11.3. The zero-order valence-corrected chi connectivity index (χ0v) is 15.0. The molecule has 0 bridgehead atoms. The van der Waals surface area contributed by atoms with Crippen molar-refractivity contribution in [3.63, 3.8) is 0 Å². The summed E-state index contributed by atoms with van der Waals surface area (Å²) in [6.07, 6.45) is 0.230. The smallest absolute Gasteiger partial charge is 0.197 e. The fraction of sp³-hybridized carbons (Fsp3) is 0.647. The number of para-hydroxylation sites is 1. The van der Waals surface area contributed by atoms with E-state index in [0.717, 1.165) is 0 Å². The van der Waals surface area contributed by atoms with E-state index in [4.69, 9.17) is 9.84 Å². The maximum atomic E-state index is 11.7. The van der Waals surface area contributed by atoms with Crippen molar-refractivity contribution in [1.82, 2.24) is 0 Å². The van der Waals surface area contributed by atoms with E-state index < -0.39 is 19.6 Å². The van der Waals surface area contributed by atoms with Crippen LogP contribution >= 0.6 is 7.37 Å². The number of ether oxygens (including phenoxy) is 1. The van der Waals surface area contributed by atoms with Gasteiger partial charge in [0.2, 0.25) is 0 Å². The van der Waals surface area contributed by atoms with Gasteiger partial charge in [-0.05, 0) is 43.7 Å². The minimum absolute atomic E-state index is 0.0990. The maximum Gasteiger partial charge on any atom is 0.197 e. The first kappa shape index (κ1) is 21.1. The fourth-order valence-electron chi connectivity index (χ4n) is 2.63. The van der Waals surface area contributed by atoms with Crippen LogP contribution in [0.1, 0.15) is 25.7 Å². The van der Waals surface area contributed by atoms with Gasteiger partial charge in [-0.2, -0.15) is 0 Å². The maximum absolute atomic E-state index is 11.7. The molecule has 0 aromatic heterocycles. The lowest BCUT2D eigenvalue weighted by atomic mass is 9.95. The van der Waals surface area contributed by atoms with E-state index in [1.165, 1.54) is 6.66 Å². The lowest BCUT2D eigenvalue weighted by molar-refractivity contribution is 0.0830. The average molecular weight is 360 g/mol. The Morgan fingerprint density at radius 3 is 2.33 bits per heavy atom. The van der Waals surface area contributed by atoms with Crippen LogP contribution in [0.4, 0.5) is 0 Å². The third kappa shape index (κ3) is 10.1. The van der Waals surface area contributed by atoms with Crippen LogP contribution in [-0.4, -0.2) is 58.5 Å². The molecule has 1 aromatic rings. The van der Waals surface area contributed by atoms with Gasteiger partial charge < -0.3 is 24.9 Å². The van der Waals surface area contributed by atoms with Gasteiger partial charge in [0.15, 0.2) is 7.37 Å². The van der Waals surface area contributed by atoms with Gasteiger partial charge in [-0.3, -0.25) is 4.57 Å². The number of aliphatic hydroxyl groups excluding tert-OH is 3. The highest BCUT2D eigenvalue weighted by molar-refractivity contribution is 7.57. The second kappa shape index (κ2) is 10.9. The molecule has 0 saturated heterocycles. The topological polar surface area (TPSA) is 107 Å². The van der Waals surface area contributed by atoms with Gasteiger partial charge in [-0.25, -0.2) is 0 Å². The van der Waals surface area contributed by atoms with E-state index in [1.54, 1.807) is 12.1 Å². The van der Waals surface area contributed by atoms with E-state index in [-0.39, 0.29) is 31.7 Å². The van der Waals surface area contributed by atoms with Crippen LogP contribution in [0.3, 0.4) is 0 Å². The second-order valence-corrected chi connectivity index (χ2v) is 8.82. The Morgan fingerprint density at radius 2 is 1.75 bits per heavy atom. The Hall–Kier alpha value is -0.910. The van der Waals surface area contributed by atoms with Crippen molar-refractivity contribution in [1.29, 1.82) is 0 Å². The molecule has 7 heteroatoms. The molecule has 4 unspecified atom stereocenters. The summed E-state index contributed by atoms with van der Waals surface area (Å²) in [6.45, 7) is 1.33. The third-order valence-corrected chi connectivity index (χ3v) is 4.95. The van der Waals surface area contributed by atoms with Crippen molar-refractivity contribution in [2.45, 2.75) is 37.9 Å². The molecule has 1 rings (SSSR count). The van der Waals surface area contributed by atoms with Gasteiger partial charge in [0, 0.05) is 19.4 Å². The van der Waals surface area contributed by atoms with Crippen LogP contribution in [-0.2, 0) is 4.57 Å². The Bertz CT molecular complexity index is 489. The number of benzene rings is 1. The molecule has 6 nitrogen and oxygen atoms in total. The minimum Gasteiger partial charge on any atom is -0.491 e. The van der Waals surface area contributed by atoms with Crippen LogP contribution < -0.4 is 4.74 Å². The number of aliphatic hydroxyl groups is 3. The molecule has 4 N–H and O–H groups in total. The summed E-state index contributed by atoms with van der Waals surface area (Å²) in [5.74, 6) is 0.499. The first-order valence-electron chi connectivity index (χ1n) is 8.24. The van der Waals surface area contributed by atoms with Crippen molar-refractivity contribution in [2.75, 3.05) is 26.0 Å². The summed E-state index contributed by atoms with van der Waals surface area (Å²) in [4.78, 5) is 9.59. The van der Waals surface area contributed by atoms with Gasteiger partial charge in [0.25, 0.3) is 0 Å². The van der Waals surface area contributed by atoms with Crippen molar-refractivity contribution < 1.29 is 29.5 Å². The highest BCUT2D eigenvalue weighted by Gasteiger charge is 2.23. The monoisotopic (exact) mass is 360 g/mol. The summed E-state index contributed by atoms with van der Waals surface area (Å²) in [7, 11) is -3.21. The van der Waals surface area contributed by atoms with E-state index in [9.17, 15) is 19.7 Å². The van der Waals surface area contributed by atoms with Crippen LogP contribution in [0.15, 0.2) is 30.3 Å². The van der Waals surface area contributed by atoms with Crippen LogP contribution in [0.5, 0.6) is 5.75 Å². The van der Waals surface area contributed by atoms with E-state index in [2.05, 4.69) is 0 Å². The Morgan fingerprint density at radius 1 is 1.08 bits per heavy atom. The predicted molar refractivity (Wildman–Crippen MR) is 93.6 cm³/mol. The normalized spacial score (nSPS) is 17.7. The second-order valence-electron chi connectivity index (χ2n) is 6.36. The standard InChI is InChI=1S/C17H29O6P/c1-24(21,22)13-14(11-15(19)9-10-18)7-8-16(20)12-23-17-5-3-2-4-6-17/h2-6,14-16,18-20H,7-13H2,1H3,(H,21,22). The molecule has 0 heterocycles. The first-order valence-corrected chi connectivity index (χ1v) is 10.5. The van der Waals surface area contributed by atoms with E-state index in [0.29, 0.717) is 25.0 Å². The molecule has 1 aromatic carbocycles. The molecule has 138 valence electrons. The lowest BCUT2D eigenvalue weighted by Crippen LogP contribution is -2.22. The molecular formula is C17H29O6P. The molecule has 0 amide bonds. The SMILES string of the molecule is CP(=O)(O)CC(CCC(O)COc1ccccc1)CC(O)CCO. The number of hydrogen-bond donors (Lipinski definition) is 4. The number of hydrogen-bond acceptors (Lipinski definition) is 5. The number of rotatable bonds is 12. The molecule has 24 heavy (non-hydrogen) atoms. The van der Waals surface area contributed by atoms with Gasteiger partial charge in [0.1, 0.15) is 12.4 Å². The molecule has 0 aliphatic heterocycles. The lowest BCUT2D eigenvalue weighted by Gasteiger charge is -2.22. The molecule has 0 fully saturated rings. The van der Waals surface area contributed by atoms with Crippen molar-refractivity contribution >= 4 is 7.37 Å². The summed E-state index contributed by atoms with van der Waals surface area (Å²) in [5, 5.41) is 28.7. The zero-order chi connectivity index (χ0) is 18.0. The Balaban J connectivity index is 2.42. The van der Waals surface area contributed by atoms with Crippen molar-refractivity contribution in [3.05, 3.63) is 30.3 Å².